The molecule has 84 valence electrons. The molecule has 0 spiro atoms. The number of hydrogen-bond acceptors (Lipinski definition) is 2. The second-order valence-corrected chi connectivity index (χ2v) is 4.77. The highest BCUT2D eigenvalue weighted by Gasteiger charge is 2.08. The molecule has 0 bridgehead atoms. The zero-order chi connectivity index (χ0) is 11.1. The molecule has 0 saturated heterocycles. The van der Waals surface area contributed by atoms with E-state index in [0.717, 1.165) is 25.6 Å². The van der Waals surface area contributed by atoms with Crippen molar-refractivity contribution in [3.05, 3.63) is 12.2 Å². The van der Waals surface area contributed by atoms with Gasteiger partial charge in [0.2, 0.25) is 0 Å². The summed E-state index contributed by atoms with van der Waals surface area (Å²) in [5.41, 5.74) is 1.23. The molecule has 1 atom stereocenters. The summed E-state index contributed by atoms with van der Waals surface area (Å²) >= 11 is 0. The maximum Gasteiger partial charge on any atom is 0.0192 e. The Balaban J connectivity index is 3.61. The Hall–Kier alpha value is -0.340. The number of nitrogens with one attached hydrogen (secondary N) is 1. The average Bonchev–Trinajstić information content (AvgIpc) is 2.01. The molecular formula is C12H26N2. The lowest BCUT2D eigenvalue weighted by Crippen LogP contribution is -2.39. The average molecular weight is 198 g/mol. The van der Waals surface area contributed by atoms with Crippen LogP contribution in [-0.2, 0) is 0 Å². The highest BCUT2D eigenvalue weighted by molar-refractivity contribution is 4.92. The molecule has 0 aromatic rings. The van der Waals surface area contributed by atoms with E-state index in [1.54, 1.807) is 0 Å². The minimum absolute atomic E-state index is 0.574. The Morgan fingerprint density at radius 3 is 2.29 bits per heavy atom. The van der Waals surface area contributed by atoms with E-state index in [9.17, 15) is 0 Å². The van der Waals surface area contributed by atoms with E-state index in [2.05, 4.69) is 51.5 Å². The fourth-order valence-electron chi connectivity index (χ4n) is 1.32. The van der Waals surface area contributed by atoms with Crippen LogP contribution in [0.1, 0.15) is 27.7 Å². The van der Waals surface area contributed by atoms with Gasteiger partial charge in [0, 0.05) is 19.1 Å². The molecule has 0 aliphatic rings. The molecule has 0 fully saturated rings. The highest BCUT2D eigenvalue weighted by Crippen LogP contribution is 1.98. The van der Waals surface area contributed by atoms with Gasteiger partial charge in [-0.2, -0.15) is 0 Å². The normalized spacial score (nSPS) is 13.6. The summed E-state index contributed by atoms with van der Waals surface area (Å²) in [5.74, 6) is 0.730. The maximum atomic E-state index is 3.92. The molecule has 1 N–H and O–H groups in total. The van der Waals surface area contributed by atoms with Gasteiger partial charge in [0.15, 0.2) is 0 Å². The van der Waals surface area contributed by atoms with Gasteiger partial charge in [-0.05, 0) is 33.4 Å². The largest absolute Gasteiger partial charge is 0.315 e. The van der Waals surface area contributed by atoms with E-state index in [1.807, 2.05) is 0 Å². The molecule has 0 aliphatic heterocycles. The van der Waals surface area contributed by atoms with Gasteiger partial charge in [-0.15, -0.1) is 0 Å². The van der Waals surface area contributed by atoms with Crippen LogP contribution < -0.4 is 5.32 Å². The molecule has 0 amide bonds. The molecule has 0 heterocycles. The SMILES string of the molecule is C=C(C)CN(C)C(C)CNCC(C)C. The first-order valence-electron chi connectivity index (χ1n) is 5.48. The third-order valence-corrected chi connectivity index (χ3v) is 2.26. The molecule has 0 aliphatic carbocycles. The van der Waals surface area contributed by atoms with Crippen LogP contribution in [-0.4, -0.2) is 37.6 Å². The molecule has 0 saturated carbocycles. The van der Waals surface area contributed by atoms with Crippen LogP contribution in [0, 0.1) is 5.92 Å². The van der Waals surface area contributed by atoms with E-state index >= 15 is 0 Å². The van der Waals surface area contributed by atoms with Gasteiger partial charge in [-0.3, -0.25) is 4.90 Å². The standard InChI is InChI=1S/C12H26N2/c1-10(2)7-13-8-12(5)14(6)9-11(3)4/h10,12-13H,3,7-9H2,1-2,4-6H3. The van der Waals surface area contributed by atoms with E-state index < -0.39 is 0 Å². The molecule has 0 aromatic carbocycles. The van der Waals surface area contributed by atoms with Crippen molar-refractivity contribution in [3.8, 4) is 0 Å². The first-order chi connectivity index (χ1) is 6.43. The number of hydrogen-bond donors (Lipinski definition) is 1. The van der Waals surface area contributed by atoms with Crippen molar-refractivity contribution in [2.75, 3.05) is 26.7 Å². The molecular weight excluding hydrogens is 172 g/mol. The van der Waals surface area contributed by atoms with Crippen molar-refractivity contribution in [3.63, 3.8) is 0 Å². The Morgan fingerprint density at radius 2 is 1.86 bits per heavy atom. The van der Waals surface area contributed by atoms with Crippen LogP contribution >= 0.6 is 0 Å². The Labute approximate surface area is 89.4 Å². The van der Waals surface area contributed by atoms with Gasteiger partial charge in [-0.1, -0.05) is 26.0 Å². The molecule has 14 heavy (non-hydrogen) atoms. The summed E-state index contributed by atoms with van der Waals surface area (Å²) in [5, 5.41) is 3.47. The van der Waals surface area contributed by atoms with Gasteiger partial charge in [-0.25, -0.2) is 0 Å². The van der Waals surface area contributed by atoms with Crippen molar-refractivity contribution < 1.29 is 0 Å². The number of rotatable bonds is 7. The Kier molecular flexibility index (Phi) is 6.85. The van der Waals surface area contributed by atoms with E-state index in [-0.39, 0.29) is 0 Å². The zero-order valence-electron chi connectivity index (χ0n) is 10.4. The van der Waals surface area contributed by atoms with Crippen LogP contribution in [0.15, 0.2) is 12.2 Å². The van der Waals surface area contributed by atoms with Crippen LogP contribution in [0.3, 0.4) is 0 Å². The van der Waals surface area contributed by atoms with Crippen molar-refractivity contribution in [2.24, 2.45) is 5.92 Å². The molecule has 0 rings (SSSR count). The van der Waals surface area contributed by atoms with Crippen LogP contribution in [0.2, 0.25) is 0 Å². The van der Waals surface area contributed by atoms with Gasteiger partial charge in [0.1, 0.15) is 0 Å². The second kappa shape index (κ2) is 7.02. The predicted octanol–water partition coefficient (Wildman–Crippen LogP) is 2.13. The third-order valence-electron chi connectivity index (χ3n) is 2.26. The quantitative estimate of drug-likeness (QED) is 0.630. The van der Waals surface area contributed by atoms with E-state index in [1.165, 1.54) is 5.57 Å². The summed E-state index contributed by atoms with van der Waals surface area (Å²) in [4.78, 5) is 2.33. The van der Waals surface area contributed by atoms with Crippen molar-refractivity contribution in [2.45, 2.75) is 33.7 Å². The summed E-state index contributed by atoms with van der Waals surface area (Å²) < 4.78 is 0. The monoisotopic (exact) mass is 198 g/mol. The van der Waals surface area contributed by atoms with Gasteiger partial charge in [0.25, 0.3) is 0 Å². The minimum atomic E-state index is 0.574. The van der Waals surface area contributed by atoms with Gasteiger partial charge in [0.05, 0.1) is 0 Å². The summed E-state index contributed by atoms with van der Waals surface area (Å²) in [6.45, 7) is 15.9. The molecule has 2 nitrogen and oxygen atoms in total. The minimum Gasteiger partial charge on any atom is -0.315 e. The molecule has 1 unspecified atom stereocenters. The highest BCUT2D eigenvalue weighted by atomic mass is 15.1. The summed E-state index contributed by atoms with van der Waals surface area (Å²) in [7, 11) is 2.15. The Bertz CT molecular complexity index is 164. The van der Waals surface area contributed by atoms with Crippen LogP contribution in [0.5, 0.6) is 0 Å². The molecule has 2 heteroatoms. The van der Waals surface area contributed by atoms with Gasteiger partial charge >= 0.3 is 0 Å². The lowest BCUT2D eigenvalue weighted by molar-refractivity contribution is 0.268. The number of likely N-dealkylation sites (N-methyl/N-ethyl adjacent to an activating group) is 1. The van der Waals surface area contributed by atoms with Crippen molar-refractivity contribution in [1.29, 1.82) is 0 Å². The molecule has 0 radical (unpaired) electrons. The Morgan fingerprint density at radius 1 is 1.29 bits per heavy atom. The topological polar surface area (TPSA) is 15.3 Å². The fourth-order valence-corrected chi connectivity index (χ4v) is 1.32. The maximum absolute atomic E-state index is 3.92. The fraction of sp³-hybridized carbons (Fsp3) is 0.833. The van der Waals surface area contributed by atoms with Crippen LogP contribution in [0.25, 0.3) is 0 Å². The first kappa shape index (κ1) is 13.7. The summed E-state index contributed by atoms with van der Waals surface area (Å²) in [6.07, 6.45) is 0. The lowest BCUT2D eigenvalue weighted by atomic mass is 10.2. The van der Waals surface area contributed by atoms with Gasteiger partial charge < -0.3 is 5.32 Å². The van der Waals surface area contributed by atoms with Crippen LogP contribution in [0.4, 0.5) is 0 Å². The smallest absolute Gasteiger partial charge is 0.0192 e. The van der Waals surface area contributed by atoms with E-state index in [0.29, 0.717) is 6.04 Å². The lowest BCUT2D eigenvalue weighted by Gasteiger charge is -2.25. The molecule has 0 aromatic heterocycles. The zero-order valence-corrected chi connectivity index (χ0v) is 10.4. The van der Waals surface area contributed by atoms with Crippen molar-refractivity contribution >= 4 is 0 Å². The second-order valence-electron chi connectivity index (χ2n) is 4.77. The number of nitrogens with zero attached hydrogens (tertiary/aromatic N) is 1. The summed E-state index contributed by atoms with van der Waals surface area (Å²) in [6, 6.07) is 0.574. The third kappa shape index (κ3) is 7.10. The predicted molar refractivity (Wildman–Crippen MR) is 64.6 cm³/mol. The van der Waals surface area contributed by atoms with Crippen molar-refractivity contribution in [1.82, 2.24) is 10.2 Å². The van der Waals surface area contributed by atoms with E-state index in [4.69, 9.17) is 0 Å². The first-order valence-corrected chi connectivity index (χ1v) is 5.48.